The van der Waals surface area contributed by atoms with Crippen molar-refractivity contribution in [2.75, 3.05) is 10.0 Å². The van der Waals surface area contributed by atoms with Crippen LogP contribution in [0.15, 0.2) is 144 Å². The zero-order valence-electron chi connectivity index (χ0n) is 21.3. The van der Waals surface area contributed by atoms with Crippen LogP contribution in [-0.4, -0.2) is 6.98 Å². The number of para-hydroxylation sites is 3. The van der Waals surface area contributed by atoms with Crippen molar-refractivity contribution in [2.24, 2.45) is 0 Å². The average Bonchev–Trinajstić information content (AvgIpc) is 3.66. The molecule has 184 valence electrons. The summed E-state index contributed by atoms with van der Waals surface area (Å²) in [6, 6.07) is 40.8. The molecule has 0 saturated heterocycles. The van der Waals surface area contributed by atoms with Gasteiger partial charge in [-0.25, -0.2) is 0 Å². The third-order valence-electron chi connectivity index (χ3n) is 7.95. The standard InChI is InChI=1S/C35H25BN2O/c1-2-14-25(15-3-1)37-36-35-26(24-12-4-5-13-24)18-10-19-28(35)27-16-6-8-20-30(27)38(36)31-21-11-23-33-34(31)29-17-7-9-22-32(29)39-33/h1-24,37H. The smallest absolute Gasteiger partial charge is 0.414 e. The summed E-state index contributed by atoms with van der Waals surface area (Å²) in [7, 11) is 0. The molecule has 2 aliphatic rings. The first kappa shape index (κ1) is 22.1. The van der Waals surface area contributed by atoms with Crippen LogP contribution < -0.4 is 15.5 Å². The first-order valence-corrected chi connectivity index (χ1v) is 13.4. The maximum Gasteiger partial charge on any atom is 0.414 e. The van der Waals surface area contributed by atoms with Crippen molar-refractivity contribution in [2.45, 2.75) is 5.92 Å². The molecule has 0 unspecified atom stereocenters. The molecule has 1 aliphatic carbocycles. The summed E-state index contributed by atoms with van der Waals surface area (Å²) in [5, 5.41) is 6.20. The van der Waals surface area contributed by atoms with Crippen LogP contribution in [0, 0.1) is 0 Å². The number of rotatable bonds is 4. The Hall–Kier alpha value is -4.96. The van der Waals surface area contributed by atoms with Crippen molar-refractivity contribution in [3.05, 3.63) is 145 Å². The molecule has 1 aliphatic heterocycles. The Morgan fingerprint density at radius 2 is 1.31 bits per heavy atom. The molecule has 6 aromatic rings. The predicted molar refractivity (Wildman–Crippen MR) is 164 cm³/mol. The van der Waals surface area contributed by atoms with Crippen LogP contribution in [0.3, 0.4) is 0 Å². The molecular weight excluding hydrogens is 475 g/mol. The first-order valence-electron chi connectivity index (χ1n) is 13.4. The minimum absolute atomic E-state index is 0.143. The summed E-state index contributed by atoms with van der Waals surface area (Å²) in [5.74, 6) is 0.234. The van der Waals surface area contributed by atoms with Crippen LogP contribution in [0.1, 0.15) is 11.5 Å². The van der Waals surface area contributed by atoms with Crippen LogP contribution in [0.2, 0.25) is 0 Å². The Bertz CT molecular complexity index is 1910. The Labute approximate surface area is 227 Å². The monoisotopic (exact) mass is 500 g/mol. The maximum absolute atomic E-state index is 6.33. The van der Waals surface area contributed by atoms with Crippen molar-refractivity contribution in [1.82, 2.24) is 0 Å². The Morgan fingerprint density at radius 3 is 2.21 bits per heavy atom. The summed E-state index contributed by atoms with van der Waals surface area (Å²) in [6.45, 7) is -0.143. The van der Waals surface area contributed by atoms with E-state index >= 15 is 0 Å². The second-order valence-electron chi connectivity index (χ2n) is 10.2. The molecule has 0 radical (unpaired) electrons. The highest BCUT2D eigenvalue weighted by Gasteiger charge is 2.40. The third-order valence-corrected chi connectivity index (χ3v) is 7.95. The van der Waals surface area contributed by atoms with Gasteiger partial charge in [0.2, 0.25) is 0 Å². The molecule has 39 heavy (non-hydrogen) atoms. The lowest BCUT2D eigenvalue weighted by atomic mass is 9.56. The fourth-order valence-corrected chi connectivity index (χ4v) is 6.29. The van der Waals surface area contributed by atoms with Crippen LogP contribution >= 0.6 is 0 Å². The molecule has 0 saturated carbocycles. The fraction of sp³-hybridized carbons (Fsp3) is 0.0286. The van der Waals surface area contributed by atoms with E-state index < -0.39 is 0 Å². The van der Waals surface area contributed by atoms with Gasteiger partial charge < -0.3 is 14.5 Å². The fourth-order valence-electron chi connectivity index (χ4n) is 6.29. The van der Waals surface area contributed by atoms with E-state index in [9.17, 15) is 0 Å². The van der Waals surface area contributed by atoms with E-state index in [2.05, 4.69) is 144 Å². The minimum Gasteiger partial charge on any atom is -0.456 e. The van der Waals surface area contributed by atoms with E-state index in [4.69, 9.17) is 4.42 Å². The molecule has 4 heteroatoms. The summed E-state index contributed by atoms with van der Waals surface area (Å²) in [4.78, 5) is 2.47. The molecule has 0 fully saturated rings. The Balaban J connectivity index is 1.45. The topological polar surface area (TPSA) is 28.4 Å². The van der Waals surface area contributed by atoms with E-state index in [1.54, 1.807) is 0 Å². The molecule has 1 N–H and O–H groups in total. The van der Waals surface area contributed by atoms with Gasteiger partial charge in [0.15, 0.2) is 0 Å². The summed E-state index contributed by atoms with van der Waals surface area (Å²) in [5.41, 5.74) is 10.3. The van der Waals surface area contributed by atoms with E-state index in [1.165, 1.54) is 27.8 Å². The lowest BCUT2D eigenvalue weighted by Crippen LogP contribution is -2.56. The predicted octanol–water partition coefficient (Wildman–Crippen LogP) is 8.42. The summed E-state index contributed by atoms with van der Waals surface area (Å²) < 4.78 is 6.33. The number of nitrogens with zero attached hydrogens (tertiary/aromatic N) is 1. The average molecular weight is 500 g/mol. The van der Waals surface area contributed by atoms with E-state index in [0.717, 1.165) is 33.3 Å². The largest absolute Gasteiger partial charge is 0.456 e. The molecule has 3 nitrogen and oxygen atoms in total. The van der Waals surface area contributed by atoms with Gasteiger partial charge in [-0.1, -0.05) is 103 Å². The quantitative estimate of drug-likeness (QED) is 0.246. The summed E-state index contributed by atoms with van der Waals surface area (Å²) >= 11 is 0. The van der Waals surface area contributed by atoms with Gasteiger partial charge in [0.1, 0.15) is 11.2 Å². The van der Waals surface area contributed by atoms with Crippen LogP contribution in [0.5, 0.6) is 0 Å². The van der Waals surface area contributed by atoms with Gasteiger partial charge in [-0.05, 0) is 53.0 Å². The number of hydrogen-bond acceptors (Lipinski definition) is 3. The lowest BCUT2D eigenvalue weighted by Gasteiger charge is -2.40. The van der Waals surface area contributed by atoms with Crippen molar-refractivity contribution in [1.29, 1.82) is 0 Å². The minimum atomic E-state index is -0.143. The van der Waals surface area contributed by atoms with Crippen molar-refractivity contribution >= 4 is 51.4 Å². The van der Waals surface area contributed by atoms with Crippen molar-refractivity contribution < 1.29 is 4.42 Å². The number of allylic oxidation sites excluding steroid dienone is 4. The highest BCUT2D eigenvalue weighted by molar-refractivity contribution is 6.83. The molecule has 0 amide bonds. The van der Waals surface area contributed by atoms with Crippen LogP contribution in [0.4, 0.5) is 17.1 Å². The van der Waals surface area contributed by atoms with Crippen LogP contribution in [0.25, 0.3) is 33.1 Å². The molecular formula is C35H25BN2O. The lowest BCUT2D eigenvalue weighted by molar-refractivity contribution is 0.669. The number of nitrogens with one attached hydrogen (secondary N) is 1. The van der Waals surface area contributed by atoms with E-state index in [0.29, 0.717) is 0 Å². The van der Waals surface area contributed by atoms with Gasteiger partial charge >= 0.3 is 6.98 Å². The van der Waals surface area contributed by atoms with Crippen LogP contribution in [-0.2, 0) is 0 Å². The number of fused-ring (bicyclic) bond motifs is 6. The van der Waals surface area contributed by atoms with Crippen molar-refractivity contribution in [3.63, 3.8) is 0 Å². The van der Waals surface area contributed by atoms with Gasteiger partial charge in [0.25, 0.3) is 0 Å². The second-order valence-corrected chi connectivity index (χ2v) is 10.2. The first-order chi connectivity index (χ1) is 19.4. The SMILES string of the molecule is C1=CC(c2cccc3c2B(Nc2ccccc2)N(c2cccc4oc5ccccc5c24)c2ccccc2-3)C=C1. The van der Waals surface area contributed by atoms with Gasteiger partial charge in [-0.3, -0.25) is 0 Å². The molecule has 1 aromatic heterocycles. The van der Waals surface area contributed by atoms with Gasteiger partial charge in [-0.2, -0.15) is 0 Å². The molecule has 8 rings (SSSR count). The molecule has 0 bridgehead atoms. The molecule has 0 atom stereocenters. The summed E-state index contributed by atoms with van der Waals surface area (Å²) in [6.07, 6.45) is 8.86. The Kier molecular flexibility index (Phi) is 4.99. The highest BCUT2D eigenvalue weighted by Crippen LogP contribution is 2.45. The van der Waals surface area contributed by atoms with Crippen molar-refractivity contribution in [3.8, 4) is 11.1 Å². The van der Waals surface area contributed by atoms with E-state index in [1.807, 2.05) is 6.07 Å². The molecule has 5 aromatic carbocycles. The number of benzene rings is 5. The zero-order chi connectivity index (χ0) is 25.8. The van der Waals surface area contributed by atoms with Gasteiger partial charge in [0, 0.05) is 33.9 Å². The maximum atomic E-state index is 6.33. The molecule has 2 heterocycles. The van der Waals surface area contributed by atoms with Gasteiger partial charge in [0.05, 0.1) is 5.39 Å². The zero-order valence-corrected chi connectivity index (χ0v) is 21.3. The van der Waals surface area contributed by atoms with Gasteiger partial charge in [-0.15, -0.1) is 0 Å². The highest BCUT2D eigenvalue weighted by atomic mass is 16.3. The number of furan rings is 1. The van der Waals surface area contributed by atoms with E-state index in [-0.39, 0.29) is 12.9 Å². The second kappa shape index (κ2) is 8.81. The number of hydrogen-bond donors (Lipinski definition) is 1. The molecule has 0 spiro atoms. The number of anilines is 3. The Morgan fingerprint density at radius 1 is 0.615 bits per heavy atom. The normalized spacial score (nSPS) is 14.3. The third kappa shape index (κ3) is 3.45.